The van der Waals surface area contributed by atoms with Crippen LogP contribution in [0.15, 0.2) is 0 Å². The van der Waals surface area contributed by atoms with Gasteiger partial charge >= 0.3 is 6.09 Å². The molecule has 1 heterocycles. The summed E-state index contributed by atoms with van der Waals surface area (Å²) in [5.74, 6) is 0. The molecule has 1 aliphatic rings. The van der Waals surface area contributed by atoms with Crippen LogP contribution in [-0.4, -0.2) is 41.7 Å². The van der Waals surface area contributed by atoms with Crippen molar-refractivity contribution in [2.24, 2.45) is 0 Å². The Morgan fingerprint density at radius 3 is 2.69 bits per heavy atom. The zero-order chi connectivity index (χ0) is 12.3. The predicted molar refractivity (Wildman–Crippen MR) is 59.2 cm³/mol. The quantitative estimate of drug-likeness (QED) is 0.745. The van der Waals surface area contributed by atoms with E-state index in [-0.39, 0.29) is 18.8 Å². The molecule has 1 rings (SSSR count). The number of ether oxygens (including phenoxy) is 2. The third-order valence-electron chi connectivity index (χ3n) is 2.38. The predicted octanol–water partition coefficient (Wildman–Crippen LogP) is 1.05. The number of aliphatic hydroxyl groups excluding tert-OH is 1. The van der Waals surface area contributed by atoms with Gasteiger partial charge in [0, 0.05) is 0 Å². The van der Waals surface area contributed by atoms with Gasteiger partial charge in [-0.2, -0.15) is 0 Å². The number of hydrogen-bond donors (Lipinski definition) is 2. The van der Waals surface area contributed by atoms with E-state index < -0.39 is 17.8 Å². The van der Waals surface area contributed by atoms with Gasteiger partial charge in [-0.05, 0) is 27.2 Å². The van der Waals surface area contributed by atoms with Crippen LogP contribution in [0.2, 0.25) is 0 Å². The van der Waals surface area contributed by atoms with Gasteiger partial charge in [0.1, 0.15) is 11.7 Å². The van der Waals surface area contributed by atoms with E-state index in [1.165, 1.54) is 0 Å². The summed E-state index contributed by atoms with van der Waals surface area (Å²) in [7, 11) is 0. The summed E-state index contributed by atoms with van der Waals surface area (Å²) in [6.07, 6.45) is -0.558. The molecule has 5 heteroatoms. The molecule has 1 saturated heterocycles. The number of carbonyl (C=O) groups excluding carboxylic acids is 1. The maximum Gasteiger partial charge on any atom is 0.408 e. The number of amides is 1. The summed E-state index contributed by atoms with van der Waals surface area (Å²) >= 11 is 0. The Bertz CT molecular complexity index is 249. The highest BCUT2D eigenvalue weighted by Gasteiger charge is 2.36. The Balaban J connectivity index is 2.49. The molecule has 0 aromatic carbocycles. The van der Waals surface area contributed by atoms with Gasteiger partial charge in [0.05, 0.1) is 18.8 Å². The van der Waals surface area contributed by atoms with Crippen LogP contribution in [0.3, 0.4) is 0 Å². The van der Waals surface area contributed by atoms with Crippen molar-refractivity contribution in [3.05, 3.63) is 0 Å². The maximum absolute atomic E-state index is 11.5. The van der Waals surface area contributed by atoms with Crippen molar-refractivity contribution in [1.82, 2.24) is 5.32 Å². The molecule has 94 valence electrons. The van der Waals surface area contributed by atoms with Gasteiger partial charge in [0.25, 0.3) is 0 Å². The molecule has 2 N–H and O–H groups in total. The average molecular weight is 231 g/mol. The van der Waals surface area contributed by atoms with Crippen LogP contribution < -0.4 is 5.32 Å². The van der Waals surface area contributed by atoms with Crippen LogP contribution in [0, 0.1) is 0 Å². The summed E-state index contributed by atoms with van der Waals surface area (Å²) in [6, 6.07) is -0.375. The minimum Gasteiger partial charge on any atom is -0.444 e. The second-order valence-electron chi connectivity index (χ2n) is 5.02. The minimum absolute atomic E-state index is 0.137. The second kappa shape index (κ2) is 5.01. The number of carbonyl (C=O) groups is 1. The van der Waals surface area contributed by atoms with Crippen molar-refractivity contribution in [3.63, 3.8) is 0 Å². The molecule has 1 aliphatic heterocycles. The molecule has 0 unspecified atom stereocenters. The Kier molecular flexibility index (Phi) is 4.15. The van der Waals surface area contributed by atoms with Crippen molar-refractivity contribution < 1.29 is 19.4 Å². The highest BCUT2D eigenvalue weighted by Crippen LogP contribution is 2.18. The van der Waals surface area contributed by atoms with Crippen LogP contribution in [0.25, 0.3) is 0 Å². The average Bonchev–Trinajstić information content (AvgIpc) is 2.44. The van der Waals surface area contributed by atoms with Crippen LogP contribution in [-0.2, 0) is 9.47 Å². The van der Waals surface area contributed by atoms with E-state index >= 15 is 0 Å². The first-order chi connectivity index (χ1) is 7.33. The number of hydrogen-bond acceptors (Lipinski definition) is 4. The molecule has 1 amide bonds. The van der Waals surface area contributed by atoms with Crippen LogP contribution in [0.4, 0.5) is 4.79 Å². The first-order valence-electron chi connectivity index (χ1n) is 5.62. The number of aliphatic hydroxyl groups is 1. The zero-order valence-electron chi connectivity index (χ0n) is 10.3. The molecule has 0 spiro atoms. The van der Waals surface area contributed by atoms with Crippen molar-refractivity contribution in [3.8, 4) is 0 Å². The molecular formula is C11H21NO4. The molecule has 0 aromatic heterocycles. The topological polar surface area (TPSA) is 67.8 Å². The largest absolute Gasteiger partial charge is 0.444 e. The van der Waals surface area contributed by atoms with Crippen molar-refractivity contribution in [2.75, 3.05) is 6.61 Å². The highest BCUT2D eigenvalue weighted by molar-refractivity contribution is 5.68. The lowest BCUT2D eigenvalue weighted by Gasteiger charge is -2.24. The van der Waals surface area contributed by atoms with E-state index in [2.05, 4.69) is 5.32 Å². The molecule has 3 atom stereocenters. The van der Waals surface area contributed by atoms with E-state index in [1.807, 2.05) is 6.92 Å². The van der Waals surface area contributed by atoms with Crippen LogP contribution in [0.1, 0.15) is 34.1 Å². The van der Waals surface area contributed by atoms with Gasteiger partial charge in [0.2, 0.25) is 0 Å². The monoisotopic (exact) mass is 231 g/mol. The lowest BCUT2D eigenvalue weighted by molar-refractivity contribution is 0.0425. The first-order valence-corrected chi connectivity index (χ1v) is 5.62. The normalized spacial score (nSPS) is 30.2. The van der Waals surface area contributed by atoms with Crippen LogP contribution >= 0.6 is 0 Å². The zero-order valence-corrected chi connectivity index (χ0v) is 10.3. The number of rotatable bonds is 2. The smallest absolute Gasteiger partial charge is 0.408 e. The summed E-state index contributed by atoms with van der Waals surface area (Å²) < 4.78 is 10.5. The van der Waals surface area contributed by atoms with E-state index in [9.17, 15) is 9.90 Å². The van der Waals surface area contributed by atoms with Gasteiger partial charge in [-0.25, -0.2) is 4.79 Å². The molecule has 5 nitrogen and oxygen atoms in total. The van der Waals surface area contributed by atoms with Gasteiger partial charge < -0.3 is 19.9 Å². The molecule has 16 heavy (non-hydrogen) atoms. The SMILES string of the molecule is CC[C@@H]1OC[C@H](O)[C@H]1NC(=O)OC(C)(C)C. The van der Waals surface area contributed by atoms with Crippen LogP contribution in [0.5, 0.6) is 0 Å². The van der Waals surface area contributed by atoms with E-state index in [0.29, 0.717) is 0 Å². The van der Waals surface area contributed by atoms with Gasteiger partial charge in [-0.1, -0.05) is 6.92 Å². The fourth-order valence-corrected chi connectivity index (χ4v) is 1.68. The van der Waals surface area contributed by atoms with Crippen molar-refractivity contribution in [1.29, 1.82) is 0 Å². The molecule has 0 saturated carbocycles. The van der Waals surface area contributed by atoms with Crippen molar-refractivity contribution in [2.45, 2.75) is 58.0 Å². The van der Waals surface area contributed by atoms with Gasteiger partial charge in [0.15, 0.2) is 0 Å². The lowest BCUT2D eigenvalue weighted by atomic mass is 10.1. The number of alkyl carbamates (subject to hydrolysis) is 1. The van der Waals surface area contributed by atoms with E-state index in [4.69, 9.17) is 9.47 Å². The fraction of sp³-hybridized carbons (Fsp3) is 0.909. The summed E-state index contributed by atoms with van der Waals surface area (Å²) in [6.45, 7) is 7.60. The summed E-state index contributed by atoms with van der Waals surface area (Å²) in [5, 5.41) is 12.3. The fourth-order valence-electron chi connectivity index (χ4n) is 1.68. The first kappa shape index (κ1) is 13.3. The lowest BCUT2D eigenvalue weighted by Crippen LogP contribution is -2.48. The molecule has 0 radical (unpaired) electrons. The standard InChI is InChI=1S/C11H21NO4/c1-5-8-9(7(13)6-15-8)12-10(14)16-11(2,3)4/h7-9,13H,5-6H2,1-4H3,(H,12,14)/t7-,8-,9+/m0/s1. The van der Waals surface area contributed by atoms with E-state index in [0.717, 1.165) is 6.42 Å². The highest BCUT2D eigenvalue weighted by atomic mass is 16.6. The molecule has 0 bridgehead atoms. The third kappa shape index (κ3) is 3.64. The number of nitrogens with one attached hydrogen (secondary N) is 1. The Hall–Kier alpha value is -0.810. The minimum atomic E-state index is -0.655. The molecule has 0 aliphatic carbocycles. The van der Waals surface area contributed by atoms with Gasteiger partial charge in [-0.3, -0.25) is 0 Å². The Labute approximate surface area is 96.1 Å². The molecular weight excluding hydrogens is 210 g/mol. The molecule has 0 aromatic rings. The van der Waals surface area contributed by atoms with E-state index in [1.54, 1.807) is 20.8 Å². The van der Waals surface area contributed by atoms with Gasteiger partial charge in [-0.15, -0.1) is 0 Å². The van der Waals surface area contributed by atoms with Crippen molar-refractivity contribution >= 4 is 6.09 Å². The Morgan fingerprint density at radius 2 is 2.19 bits per heavy atom. The molecule has 1 fully saturated rings. The Morgan fingerprint density at radius 1 is 1.56 bits per heavy atom. The second-order valence-corrected chi connectivity index (χ2v) is 5.02. The summed E-state index contributed by atoms with van der Waals surface area (Å²) in [5.41, 5.74) is -0.532. The maximum atomic E-state index is 11.5. The third-order valence-corrected chi connectivity index (χ3v) is 2.38. The summed E-state index contributed by atoms with van der Waals surface area (Å²) in [4.78, 5) is 11.5.